The highest BCUT2D eigenvalue weighted by atomic mass is 16.6. The summed E-state index contributed by atoms with van der Waals surface area (Å²) in [6, 6.07) is 31.1. The molecule has 2 N–H and O–H groups in total. The molecule has 0 aliphatic heterocycles. The third-order valence-electron chi connectivity index (χ3n) is 8.51. The fraction of sp³-hybridized carbons (Fsp3) is 0.250. The van der Waals surface area contributed by atoms with Crippen LogP contribution in [-0.2, 0) is 14.3 Å². The first-order valence-electron chi connectivity index (χ1n) is 14.8. The first-order chi connectivity index (χ1) is 21.1. The zero-order valence-corrected chi connectivity index (χ0v) is 23.9. The van der Waals surface area contributed by atoms with E-state index in [1.165, 1.54) is 0 Å². The Hall–Kier alpha value is -4.75. The van der Waals surface area contributed by atoms with Crippen molar-refractivity contribution in [2.24, 2.45) is 5.73 Å². The Morgan fingerprint density at radius 2 is 1.02 bits per heavy atom. The largest absolute Gasteiger partial charge is 0.448 e. The molecule has 7 heteroatoms. The monoisotopic (exact) mass is 574 g/mol. The van der Waals surface area contributed by atoms with Crippen molar-refractivity contribution in [2.45, 2.75) is 37.1 Å². The molecule has 1 atom stereocenters. The van der Waals surface area contributed by atoms with Crippen LogP contribution >= 0.6 is 0 Å². The smallest absolute Gasteiger partial charge is 0.420 e. The van der Waals surface area contributed by atoms with Crippen LogP contribution in [0.25, 0.3) is 22.3 Å². The molecule has 0 radical (unpaired) electrons. The summed E-state index contributed by atoms with van der Waals surface area (Å²) in [6.07, 6.45) is 0.319. The molecule has 0 spiro atoms. The SMILES string of the molecule is NCCCC[C@@H](C=O)N(C(=O)OCC1c2ccccc2-c2ccccc21)C(=O)OCC1c2ccccc2-c2ccccc21. The third kappa shape index (κ3) is 5.44. The molecule has 6 rings (SSSR count). The number of unbranched alkanes of at least 4 members (excludes halogenated alkanes) is 1. The van der Waals surface area contributed by atoms with E-state index in [0.29, 0.717) is 25.7 Å². The summed E-state index contributed by atoms with van der Waals surface area (Å²) < 4.78 is 11.6. The Kier molecular flexibility index (Phi) is 8.34. The van der Waals surface area contributed by atoms with Gasteiger partial charge in [-0.1, -0.05) is 97.1 Å². The zero-order valence-electron chi connectivity index (χ0n) is 23.9. The molecule has 0 bridgehead atoms. The Morgan fingerprint density at radius 3 is 1.37 bits per heavy atom. The third-order valence-corrected chi connectivity index (χ3v) is 8.51. The van der Waals surface area contributed by atoms with Gasteiger partial charge in [0, 0.05) is 11.8 Å². The van der Waals surface area contributed by atoms with Gasteiger partial charge in [-0.25, -0.2) is 14.5 Å². The summed E-state index contributed by atoms with van der Waals surface area (Å²) in [5.41, 5.74) is 14.3. The molecule has 2 aliphatic carbocycles. The Labute approximate surface area is 251 Å². The number of rotatable bonds is 10. The number of imide groups is 1. The second-order valence-corrected chi connectivity index (χ2v) is 11.0. The number of hydrogen-bond donors (Lipinski definition) is 1. The molecule has 0 fully saturated rings. The molecule has 2 aliphatic rings. The molecule has 43 heavy (non-hydrogen) atoms. The van der Waals surface area contributed by atoms with Gasteiger partial charge in [0.15, 0.2) is 0 Å². The minimum Gasteiger partial charge on any atom is -0.448 e. The second kappa shape index (κ2) is 12.6. The highest BCUT2D eigenvalue weighted by Gasteiger charge is 2.36. The van der Waals surface area contributed by atoms with Gasteiger partial charge >= 0.3 is 12.2 Å². The van der Waals surface area contributed by atoms with Gasteiger partial charge in [0.25, 0.3) is 0 Å². The molecular weight excluding hydrogens is 540 g/mol. The Morgan fingerprint density at radius 1 is 0.651 bits per heavy atom. The number of aldehydes is 1. The standard InChI is InChI=1S/C36H34N2O5/c37-20-10-9-11-24(21-39)38(35(40)42-22-33-29-16-5-1-12-25(29)26-13-2-6-17-30(26)33)36(41)43-23-34-31-18-7-3-14-27(31)28-15-4-8-19-32(28)34/h1-8,12-19,21,24,33-34H,9-11,20,22-23,37H2/t24-/m0/s1. The van der Waals surface area contributed by atoms with Crippen molar-refractivity contribution in [2.75, 3.05) is 19.8 Å². The van der Waals surface area contributed by atoms with Crippen molar-refractivity contribution >= 4 is 18.5 Å². The van der Waals surface area contributed by atoms with Crippen molar-refractivity contribution in [3.05, 3.63) is 119 Å². The van der Waals surface area contributed by atoms with Crippen LogP contribution in [-0.4, -0.2) is 49.2 Å². The summed E-state index contributed by atoms with van der Waals surface area (Å²) in [7, 11) is 0. The van der Waals surface area contributed by atoms with Crippen LogP contribution in [0.1, 0.15) is 53.4 Å². The molecule has 0 saturated carbocycles. The lowest BCUT2D eigenvalue weighted by atomic mass is 9.98. The first kappa shape index (κ1) is 28.4. The van der Waals surface area contributed by atoms with E-state index in [9.17, 15) is 14.4 Å². The summed E-state index contributed by atoms with van der Waals surface area (Å²) >= 11 is 0. The van der Waals surface area contributed by atoms with E-state index in [2.05, 4.69) is 24.3 Å². The molecular formula is C36H34N2O5. The maximum atomic E-state index is 13.6. The number of fused-ring (bicyclic) bond motifs is 6. The fourth-order valence-electron chi connectivity index (χ4n) is 6.43. The number of hydrogen-bond acceptors (Lipinski definition) is 6. The predicted octanol–water partition coefficient (Wildman–Crippen LogP) is 6.88. The number of carbonyl (C=O) groups is 3. The van der Waals surface area contributed by atoms with Crippen molar-refractivity contribution in [3.63, 3.8) is 0 Å². The van der Waals surface area contributed by atoms with Crippen LogP contribution in [0.2, 0.25) is 0 Å². The lowest BCUT2D eigenvalue weighted by Crippen LogP contribution is -2.46. The maximum Gasteiger partial charge on any atom is 0.420 e. The molecule has 0 unspecified atom stereocenters. The minimum atomic E-state index is -1.03. The van der Waals surface area contributed by atoms with Crippen LogP contribution in [0.4, 0.5) is 9.59 Å². The lowest BCUT2D eigenvalue weighted by Gasteiger charge is -2.26. The van der Waals surface area contributed by atoms with Gasteiger partial charge < -0.3 is 20.0 Å². The van der Waals surface area contributed by atoms with Crippen molar-refractivity contribution in [1.29, 1.82) is 0 Å². The number of benzene rings is 4. The molecule has 4 aromatic rings. The van der Waals surface area contributed by atoms with Crippen molar-refractivity contribution in [1.82, 2.24) is 4.90 Å². The van der Waals surface area contributed by atoms with Gasteiger partial charge in [-0.2, -0.15) is 0 Å². The number of nitrogens with two attached hydrogens (primary N) is 1. The molecule has 0 saturated heterocycles. The van der Waals surface area contributed by atoms with Crippen LogP contribution in [0.15, 0.2) is 97.1 Å². The molecule has 7 nitrogen and oxygen atoms in total. The van der Waals surface area contributed by atoms with Gasteiger partial charge in [-0.15, -0.1) is 0 Å². The van der Waals surface area contributed by atoms with Gasteiger partial charge in [-0.05, 0) is 70.3 Å². The summed E-state index contributed by atoms with van der Waals surface area (Å²) in [6.45, 7) is 0.490. The summed E-state index contributed by atoms with van der Waals surface area (Å²) in [5.74, 6) is -0.375. The fourth-order valence-corrected chi connectivity index (χ4v) is 6.43. The average molecular weight is 575 g/mol. The number of carbonyl (C=O) groups excluding carboxylic acids is 3. The van der Waals surface area contributed by atoms with Crippen molar-refractivity contribution < 1.29 is 23.9 Å². The quantitative estimate of drug-likeness (QED) is 0.164. The van der Waals surface area contributed by atoms with Crippen LogP contribution in [0, 0.1) is 0 Å². The van der Waals surface area contributed by atoms with E-state index < -0.39 is 18.2 Å². The Bertz CT molecular complexity index is 1450. The molecule has 0 heterocycles. The molecule has 4 aromatic carbocycles. The van der Waals surface area contributed by atoms with Gasteiger partial charge in [-0.3, -0.25) is 0 Å². The van der Waals surface area contributed by atoms with E-state index in [1.54, 1.807) is 0 Å². The first-order valence-corrected chi connectivity index (χ1v) is 14.8. The van der Waals surface area contributed by atoms with Crippen LogP contribution in [0.5, 0.6) is 0 Å². The van der Waals surface area contributed by atoms with E-state index in [4.69, 9.17) is 15.2 Å². The predicted molar refractivity (Wildman–Crippen MR) is 165 cm³/mol. The van der Waals surface area contributed by atoms with Crippen LogP contribution < -0.4 is 5.73 Å². The highest BCUT2D eigenvalue weighted by Crippen LogP contribution is 2.45. The van der Waals surface area contributed by atoms with Crippen LogP contribution in [0.3, 0.4) is 0 Å². The summed E-state index contributed by atoms with van der Waals surface area (Å²) in [4.78, 5) is 40.3. The Balaban J connectivity index is 1.21. The average Bonchev–Trinajstić information content (AvgIpc) is 3.54. The number of ether oxygens (including phenoxy) is 2. The topological polar surface area (TPSA) is 98.9 Å². The second-order valence-electron chi connectivity index (χ2n) is 11.0. The van der Waals surface area contributed by atoms with E-state index in [1.807, 2.05) is 72.8 Å². The van der Waals surface area contributed by atoms with Crippen molar-refractivity contribution in [3.8, 4) is 22.3 Å². The van der Waals surface area contributed by atoms with Gasteiger partial charge in [0.05, 0.1) is 0 Å². The normalized spacial score (nSPS) is 13.8. The van der Waals surface area contributed by atoms with E-state index in [-0.39, 0.29) is 31.5 Å². The lowest BCUT2D eigenvalue weighted by molar-refractivity contribution is -0.112. The maximum absolute atomic E-state index is 13.6. The molecule has 2 amide bonds. The number of nitrogens with zero attached hydrogens (tertiary/aromatic N) is 1. The van der Waals surface area contributed by atoms with Gasteiger partial charge in [0.1, 0.15) is 25.5 Å². The number of amides is 2. The molecule has 0 aromatic heterocycles. The van der Waals surface area contributed by atoms with Gasteiger partial charge in [0.2, 0.25) is 0 Å². The summed E-state index contributed by atoms with van der Waals surface area (Å²) in [5, 5.41) is 0. The van der Waals surface area contributed by atoms with E-state index in [0.717, 1.165) is 49.4 Å². The zero-order chi connectivity index (χ0) is 29.8. The molecule has 218 valence electrons. The highest BCUT2D eigenvalue weighted by molar-refractivity contribution is 5.91. The minimum absolute atomic E-state index is 0.0222. The van der Waals surface area contributed by atoms with E-state index >= 15 is 0 Å².